The monoisotopic (exact) mass is 339 g/mol. The summed E-state index contributed by atoms with van der Waals surface area (Å²) in [6.07, 6.45) is 7.92. The van der Waals surface area contributed by atoms with Crippen LogP contribution in [0.3, 0.4) is 0 Å². The molecular weight excluding hydrogens is 310 g/mol. The molecule has 1 amide bonds. The van der Waals surface area contributed by atoms with E-state index >= 15 is 0 Å². The maximum atomic E-state index is 12.2. The lowest BCUT2D eigenvalue weighted by molar-refractivity contribution is -1.02. The van der Waals surface area contributed by atoms with Crippen LogP contribution in [0.15, 0.2) is 0 Å². The van der Waals surface area contributed by atoms with E-state index in [1.807, 2.05) is 6.92 Å². The molecule has 1 saturated heterocycles. The normalized spacial score (nSPS) is 26.1. The third kappa shape index (κ3) is 4.71. The van der Waals surface area contributed by atoms with Crippen LogP contribution in [-0.4, -0.2) is 54.9 Å². The van der Waals surface area contributed by atoms with Gasteiger partial charge in [0.2, 0.25) is 5.13 Å². The Bertz CT molecular complexity index is 506. The fourth-order valence-corrected chi connectivity index (χ4v) is 4.55. The molecule has 23 heavy (non-hydrogen) atoms. The molecule has 0 spiro atoms. The van der Waals surface area contributed by atoms with Crippen LogP contribution in [0.5, 0.6) is 0 Å². The first-order chi connectivity index (χ1) is 11.2. The summed E-state index contributed by atoms with van der Waals surface area (Å²) in [5.41, 5.74) is 0. The third-order valence-corrected chi connectivity index (χ3v) is 6.19. The van der Waals surface area contributed by atoms with Gasteiger partial charge in [-0.1, -0.05) is 24.7 Å². The number of amides is 1. The zero-order valence-electron chi connectivity index (χ0n) is 14.1. The van der Waals surface area contributed by atoms with Gasteiger partial charge >= 0.3 is 0 Å². The Labute approximate surface area is 142 Å². The van der Waals surface area contributed by atoms with Gasteiger partial charge in [0.15, 0.2) is 6.54 Å². The quantitative estimate of drug-likeness (QED) is 0.655. The summed E-state index contributed by atoms with van der Waals surface area (Å²) < 4.78 is 0. The molecule has 1 aromatic heterocycles. The van der Waals surface area contributed by atoms with Crippen LogP contribution in [-0.2, 0) is 11.2 Å². The Morgan fingerprint density at radius 3 is 2.57 bits per heavy atom. The van der Waals surface area contributed by atoms with Crippen molar-refractivity contribution in [3.05, 3.63) is 5.01 Å². The van der Waals surface area contributed by atoms with Crippen molar-refractivity contribution < 1.29 is 14.6 Å². The van der Waals surface area contributed by atoms with E-state index in [0.717, 1.165) is 30.6 Å². The lowest BCUT2D eigenvalue weighted by Crippen LogP contribution is -3.30. The van der Waals surface area contributed by atoms with Crippen LogP contribution >= 0.6 is 11.3 Å². The summed E-state index contributed by atoms with van der Waals surface area (Å²) in [4.78, 5) is 15.3. The number of hydrogen-bond acceptors (Lipinski definition) is 4. The highest BCUT2D eigenvalue weighted by Crippen LogP contribution is 2.15. The molecule has 1 saturated carbocycles. The molecule has 7 heteroatoms. The molecule has 2 aliphatic rings. The molecule has 0 radical (unpaired) electrons. The Morgan fingerprint density at radius 1 is 1.17 bits per heavy atom. The minimum Gasteiger partial charge on any atom is -0.323 e. The predicted molar refractivity (Wildman–Crippen MR) is 91.1 cm³/mol. The van der Waals surface area contributed by atoms with Gasteiger partial charge in [0.1, 0.15) is 31.2 Å². The van der Waals surface area contributed by atoms with Gasteiger partial charge < -0.3 is 9.80 Å². The number of carbonyl (C=O) groups excluding carboxylic acids is 1. The fourth-order valence-electron chi connectivity index (χ4n) is 3.86. The first kappa shape index (κ1) is 16.8. The number of nitrogens with one attached hydrogen (secondary N) is 3. The molecule has 1 aromatic rings. The Morgan fingerprint density at radius 2 is 1.91 bits per heavy atom. The first-order valence-corrected chi connectivity index (χ1v) is 9.86. The van der Waals surface area contributed by atoms with E-state index in [9.17, 15) is 4.79 Å². The van der Waals surface area contributed by atoms with Gasteiger partial charge in [-0.05, 0) is 32.1 Å². The average Bonchev–Trinajstić information content (AvgIpc) is 3.04. The van der Waals surface area contributed by atoms with Gasteiger partial charge in [-0.2, -0.15) is 0 Å². The maximum absolute atomic E-state index is 12.2. The van der Waals surface area contributed by atoms with E-state index in [1.165, 1.54) is 61.4 Å². The summed E-state index contributed by atoms with van der Waals surface area (Å²) in [7, 11) is 0. The lowest BCUT2D eigenvalue weighted by atomic mass is 9.94. The number of anilines is 1. The number of nitrogens with zero attached hydrogens (tertiary/aromatic N) is 2. The molecular formula is C16H29N5OS+2. The molecule has 128 valence electrons. The van der Waals surface area contributed by atoms with Crippen molar-refractivity contribution in [3.8, 4) is 0 Å². The molecule has 2 heterocycles. The molecule has 0 unspecified atom stereocenters. The smallest absolute Gasteiger partial charge is 0.281 e. The van der Waals surface area contributed by atoms with Crippen molar-refractivity contribution in [3.63, 3.8) is 0 Å². The van der Waals surface area contributed by atoms with Crippen LogP contribution in [0, 0.1) is 0 Å². The molecule has 1 aliphatic carbocycles. The summed E-state index contributed by atoms with van der Waals surface area (Å²) in [6, 6.07) is 0.882. The average molecular weight is 340 g/mol. The lowest BCUT2D eigenvalue weighted by Gasteiger charge is -2.36. The highest BCUT2D eigenvalue weighted by atomic mass is 32.1. The summed E-state index contributed by atoms with van der Waals surface area (Å²) in [6.45, 7) is 7.24. The number of rotatable bonds is 5. The van der Waals surface area contributed by atoms with Gasteiger partial charge in [-0.25, -0.2) is 0 Å². The second-order valence-electron chi connectivity index (χ2n) is 6.82. The topological polar surface area (TPSA) is 63.8 Å². The van der Waals surface area contributed by atoms with E-state index in [-0.39, 0.29) is 5.91 Å². The standard InChI is InChI=1S/C16H27N5OS/c1-2-15-18-19-16(23-15)17-14(22)12-20-8-10-21(11-9-20)13-6-4-3-5-7-13/h13H,2-12H2,1H3,(H,17,19,22)/p+2. The van der Waals surface area contributed by atoms with Crippen molar-refractivity contribution in [2.24, 2.45) is 0 Å². The number of aromatic nitrogens is 2. The highest BCUT2D eigenvalue weighted by Gasteiger charge is 2.31. The molecule has 0 atom stereocenters. The largest absolute Gasteiger partial charge is 0.323 e. The number of aryl methyl sites for hydroxylation is 1. The molecule has 6 nitrogen and oxygen atoms in total. The van der Waals surface area contributed by atoms with E-state index in [4.69, 9.17) is 0 Å². The zero-order chi connectivity index (χ0) is 16.1. The summed E-state index contributed by atoms with van der Waals surface area (Å²) >= 11 is 1.47. The van der Waals surface area contributed by atoms with E-state index in [0.29, 0.717) is 11.7 Å². The van der Waals surface area contributed by atoms with Crippen molar-refractivity contribution in [1.29, 1.82) is 0 Å². The minimum absolute atomic E-state index is 0.0694. The van der Waals surface area contributed by atoms with Gasteiger partial charge in [0.25, 0.3) is 5.91 Å². The van der Waals surface area contributed by atoms with Crippen LogP contribution < -0.4 is 15.1 Å². The van der Waals surface area contributed by atoms with E-state index < -0.39 is 0 Å². The SMILES string of the molecule is CCc1nnc(NC(=O)C[NH+]2CC[NH+](C3CCCCC3)CC2)s1. The Hall–Kier alpha value is -1.05. The summed E-state index contributed by atoms with van der Waals surface area (Å²) in [5, 5.41) is 12.6. The fraction of sp³-hybridized carbons (Fsp3) is 0.812. The second kappa shape index (κ2) is 8.17. The number of quaternary nitrogens is 2. The zero-order valence-corrected chi connectivity index (χ0v) is 14.9. The highest BCUT2D eigenvalue weighted by molar-refractivity contribution is 7.15. The van der Waals surface area contributed by atoms with Crippen molar-refractivity contribution >= 4 is 22.4 Å². The predicted octanol–water partition coefficient (Wildman–Crippen LogP) is -0.845. The molecule has 0 bridgehead atoms. The van der Waals surface area contributed by atoms with Crippen molar-refractivity contribution in [2.45, 2.75) is 51.5 Å². The number of hydrogen-bond donors (Lipinski definition) is 3. The van der Waals surface area contributed by atoms with Crippen molar-refractivity contribution in [2.75, 3.05) is 38.0 Å². The van der Waals surface area contributed by atoms with Gasteiger partial charge in [-0.15, -0.1) is 10.2 Å². The minimum atomic E-state index is 0.0694. The van der Waals surface area contributed by atoms with Gasteiger partial charge in [0.05, 0.1) is 6.04 Å². The van der Waals surface area contributed by atoms with Gasteiger partial charge in [-0.3, -0.25) is 10.1 Å². The summed E-state index contributed by atoms with van der Waals surface area (Å²) in [5.74, 6) is 0.0694. The Balaban J connectivity index is 1.40. The first-order valence-electron chi connectivity index (χ1n) is 9.05. The third-order valence-electron chi connectivity index (χ3n) is 5.21. The number of piperazine rings is 1. The molecule has 0 aromatic carbocycles. The van der Waals surface area contributed by atoms with E-state index in [2.05, 4.69) is 15.5 Å². The Kier molecular flexibility index (Phi) is 5.96. The van der Waals surface area contributed by atoms with Gasteiger partial charge in [0, 0.05) is 0 Å². The van der Waals surface area contributed by atoms with Crippen LogP contribution in [0.1, 0.15) is 44.0 Å². The van der Waals surface area contributed by atoms with Crippen LogP contribution in [0.2, 0.25) is 0 Å². The maximum Gasteiger partial charge on any atom is 0.281 e. The second-order valence-corrected chi connectivity index (χ2v) is 7.88. The number of carbonyl (C=O) groups is 1. The van der Waals surface area contributed by atoms with E-state index in [1.54, 1.807) is 4.90 Å². The molecule has 3 N–H and O–H groups in total. The molecule has 1 aliphatic heterocycles. The molecule has 3 rings (SSSR count). The molecule has 2 fully saturated rings. The van der Waals surface area contributed by atoms with Crippen molar-refractivity contribution in [1.82, 2.24) is 10.2 Å². The van der Waals surface area contributed by atoms with Crippen LogP contribution in [0.25, 0.3) is 0 Å². The van der Waals surface area contributed by atoms with Crippen LogP contribution in [0.4, 0.5) is 5.13 Å².